The first kappa shape index (κ1) is 15.8. The van der Waals surface area contributed by atoms with E-state index in [1.54, 1.807) is 7.05 Å². The van der Waals surface area contributed by atoms with Crippen LogP contribution in [0.25, 0.3) is 0 Å². The number of amides is 1. The molecule has 0 aromatic heterocycles. The minimum atomic E-state index is 0.0348. The van der Waals surface area contributed by atoms with Crippen molar-refractivity contribution < 1.29 is 9.53 Å². The molecule has 0 saturated carbocycles. The van der Waals surface area contributed by atoms with E-state index in [1.807, 2.05) is 18.2 Å². The molecule has 0 radical (unpaired) electrons. The summed E-state index contributed by atoms with van der Waals surface area (Å²) in [5.41, 5.74) is 1.04. The van der Waals surface area contributed by atoms with Gasteiger partial charge in [0, 0.05) is 30.6 Å². The predicted octanol–water partition coefficient (Wildman–Crippen LogP) is 2.35. The van der Waals surface area contributed by atoms with Crippen molar-refractivity contribution in [2.24, 2.45) is 0 Å². The van der Waals surface area contributed by atoms with Gasteiger partial charge in [-0.15, -0.1) is 0 Å². The second-order valence-corrected chi connectivity index (χ2v) is 4.59. The van der Waals surface area contributed by atoms with Crippen LogP contribution in [0.15, 0.2) is 18.2 Å². The highest BCUT2D eigenvalue weighted by Crippen LogP contribution is 2.23. The average molecular weight is 285 g/mol. The van der Waals surface area contributed by atoms with Gasteiger partial charge in [0.15, 0.2) is 0 Å². The van der Waals surface area contributed by atoms with E-state index in [0.717, 1.165) is 24.4 Å². The number of nitrogens with one attached hydrogen (secondary N) is 2. The lowest BCUT2D eigenvalue weighted by atomic mass is 10.2. The fourth-order valence-electron chi connectivity index (χ4n) is 1.63. The van der Waals surface area contributed by atoms with Crippen LogP contribution in [-0.2, 0) is 11.3 Å². The molecule has 1 aromatic rings. The van der Waals surface area contributed by atoms with Crippen LogP contribution in [0.2, 0.25) is 5.02 Å². The van der Waals surface area contributed by atoms with Crippen molar-refractivity contribution in [1.82, 2.24) is 10.6 Å². The molecular weight excluding hydrogens is 264 g/mol. The van der Waals surface area contributed by atoms with E-state index in [9.17, 15) is 4.79 Å². The van der Waals surface area contributed by atoms with Crippen LogP contribution in [0, 0.1) is 0 Å². The van der Waals surface area contributed by atoms with Crippen LogP contribution >= 0.6 is 11.6 Å². The molecule has 1 aromatic carbocycles. The Balaban J connectivity index is 2.49. The summed E-state index contributed by atoms with van der Waals surface area (Å²) in [5.74, 6) is 0.856. The highest BCUT2D eigenvalue weighted by Gasteiger charge is 2.05. The zero-order valence-corrected chi connectivity index (χ0v) is 12.2. The van der Waals surface area contributed by atoms with Crippen molar-refractivity contribution in [3.05, 3.63) is 28.8 Å². The zero-order chi connectivity index (χ0) is 14.1. The van der Waals surface area contributed by atoms with Crippen LogP contribution < -0.4 is 15.4 Å². The number of ether oxygens (including phenoxy) is 1. The van der Waals surface area contributed by atoms with Gasteiger partial charge in [0.25, 0.3) is 0 Å². The van der Waals surface area contributed by atoms with Gasteiger partial charge in [0.1, 0.15) is 5.75 Å². The van der Waals surface area contributed by atoms with Crippen molar-refractivity contribution in [1.29, 1.82) is 0 Å². The summed E-state index contributed by atoms with van der Waals surface area (Å²) in [6, 6.07) is 5.58. The molecule has 0 saturated heterocycles. The van der Waals surface area contributed by atoms with Crippen molar-refractivity contribution in [2.45, 2.75) is 26.3 Å². The molecule has 0 atom stereocenters. The van der Waals surface area contributed by atoms with E-state index in [0.29, 0.717) is 24.5 Å². The Morgan fingerprint density at radius 1 is 1.42 bits per heavy atom. The van der Waals surface area contributed by atoms with E-state index in [-0.39, 0.29) is 5.91 Å². The standard InChI is InChI=1S/C14H21ClN2O2/c1-3-17-10-11-9-12(15)6-7-13(11)19-8-4-5-14(18)16-2/h6-7,9,17H,3-5,8,10H2,1-2H3,(H,16,18). The number of rotatable bonds is 8. The molecule has 1 rings (SSSR count). The van der Waals surface area contributed by atoms with E-state index >= 15 is 0 Å². The number of carbonyl (C=O) groups excluding carboxylic acids is 1. The number of carbonyl (C=O) groups is 1. The van der Waals surface area contributed by atoms with Gasteiger partial charge in [-0.2, -0.15) is 0 Å². The van der Waals surface area contributed by atoms with Crippen LogP contribution in [0.1, 0.15) is 25.3 Å². The van der Waals surface area contributed by atoms with Gasteiger partial charge in [-0.25, -0.2) is 0 Å². The fourth-order valence-corrected chi connectivity index (χ4v) is 1.82. The average Bonchev–Trinajstić information content (AvgIpc) is 2.42. The van der Waals surface area contributed by atoms with Crippen molar-refractivity contribution in [3.63, 3.8) is 0 Å². The number of halogens is 1. The lowest BCUT2D eigenvalue weighted by molar-refractivity contribution is -0.120. The van der Waals surface area contributed by atoms with E-state index in [1.165, 1.54) is 0 Å². The first-order valence-corrected chi connectivity index (χ1v) is 6.87. The molecule has 106 valence electrons. The third-order valence-electron chi connectivity index (χ3n) is 2.67. The molecule has 0 fully saturated rings. The lowest BCUT2D eigenvalue weighted by Gasteiger charge is -2.12. The summed E-state index contributed by atoms with van der Waals surface area (Å²) in [7, 11) is 1.64. The monoisotopic (exact) mass is 284 g/mol. The van der Waals surface area contributed by atoms with Crippen molar-refractivity contribution in [3.8, 4) is 5.75 Å². The quantitative estimate of drug-likeness (QED) is 0.721. The number of hydrogen-bond acceptors (Lipinski definition) is 3. The van der Waals surface area contributed by atoms with Gasteiger partial charge in [-0.1, -0.05) is 18.5 Å². The molecular formula is C14H21ClN2O2. The topological polar surface area (TPSA) is 50.4 Å². The lowest BCUT2D eigenvalue weighted by Crippen LogP contribution is -2.18. The molecule has 0 spiro atoms. The zero-order valence-electron chi connectivity index (χ0n) is 11.5. The summed E-state index contributed by atoms with van der Waals surface area (Å²) in [6.07, 6.45) is 1.18. The smallest absolute Gasteiger partial charge is 0.219 e. The van der Waals surface area contributed by atoms with Crippen LogP contribution in [0.5, 0.6) is 5.75 Å². The van der Waals surface area contributed by atoms with Crippen molar-refractivity contribution in [2.75, 3.05) is 20.2 Å². The Morgan fingerprint density at radius 3 is 2.89 bits per heavy atom. The summed E-state index contributed by atoms with van der Waals surface area (Å²) in [4.78, 5) is 11.1. The summed E-state index contributed by atoms with van der Waals surface area (Å²) in [5, 5.41) is 6.54. The molecule has 0 bridgehead atoms. The Hall–Kier alpha value is -1.26. The molecule has 19 heavy (non-hydrogen) atoms. The van der Waals surface area contributed by atoms with Crippen LogP contribution in [0.4, 0.5) is 0 Å². The minimum Gasteiger partial charge on any atom is -0.493 e. The molecule has 0 aliphatic carbocycles. The molecule has 0 aliphatic rings. The SMILES string of the molecule is CCNCc1cc(Cl)ccc1OCCCC(=O)NC. The molecule has 0 aliphatic heterocycles. The molecule has 2 N–H and O–H groups in total. The second-order valence-electron chi connectivity index (χ2n) is 4.16. The van der Waals surface area contributed by atoms with E-state index in [2.05, 4.69) is 17.6 Å². The highest BCUT2D eigenvalue weighted by molar-refractivity contribution is 6.30. The maximum absolute atomic E-state index is 11.1. The predicted molar refractivity (Wildman–Crippen MR) is 77.6 cm³/mol. The van der Waals surface area contributed by atoms with Gasteiger partial charge in [-0.3, -0.25) is 4.79 Å². The van der Waals surface area contributed by atoms with Gasteiger partial charge < -0.3 is 15.4 Å². The van der Waals surface area contributed by atoms with E-state index in [4.69, 9.17) is 16.3 Å². The van der Waals surface area contributed by atoms with Gasteiger partial charge >= 0.3 is 0 Å². The molecule has 0 heterocycles. The number of benzene rings is 1. The second kappa shape index (κ2) is 8.77. The summed E-state index contributed by atoms with van der Waals surface area (Å²) < 4.78 is 5.71. The van der Waals surface area contributed by atoms with Gasteiger partial charge in [0.05, 0.1) is 6.61 Å². The highest BCUT2D eigenvalue weighted by atomic mass is 35.5. The molecule has 4 nitrogen and oxygen atoms in total. The Kier molecular flexibility index (Phi) is 7.30. The fraction of sp³-hybridized carbons (Fsp3) is 0.500. The summed E-state index contributed by atoms with van der Waals surface area (Å²) >= 11 is 5.98. The largest absolute Gasteiger partial charge is 0.493 e. The Morgan fingerprint density at radius 2 is 2.21 bits per heavy atom. The van der Waals surface area contributed by atoms with E-state index < -0.39 is 0 Å². The first-order chi connectivity index (χ1) is 9.17. The molecule has 1 amide bonds. The molecule has 0 unspecified atom stereocenters. The Labute approximate surface area is 119 Å². The summed E-state index contributed by atoms with van der Waals surface area (Å²) in [6.45, 7) is 4.19. The number of hydrogen-bond donors (Lipinski definition) is 2. The van der Waals surface area contributed by atoms with Crippen LogP contribution in [0.3, 0.4) is 0 Å². The van der Waals surface area contributed by atoms with Gasteiger partial charge in [0.2, 0.25) is 5.91 Å². The first-order valence-electron chi connectivity index (χ1n) is 6.50. The van der Waals surface area contributed by atoms with Crippen molar-refractivity contribution >= 4 is 17.5 Å². The van der Waals surface area contributed by atoms with Gasteiger partial charge in [-0.05, 0) is 31.2 Å². The third kappa shape index (κ3) is 5.94. The third-order valence-corrected chi connectivity index (χ3v) is 2.91. The Bertz CT molecular complexity index is 410. The maximum Gasteiger partial charge on any atom is 0.219 e. The van der Waals surface area contributed by atoms with Crippen LogP contribution in [-0.4, -0.2) is 26.1 Å². The normalized spacial score (nSPS) is 10.3. The minimum absolute atomic E-state index is 0.0348. The molecule has 5 heteroatoms. The maximum atomic E-state index is 11.1.